The topological polar surface area (TPSA) is 108 Å². The number of amides is 5. The Labute approximate surface area is 193 Å². The van der Waals surface area contributed by atoms with Crippen molar-refractivity contribution in [3.63, 3.8) is 0 Å². The van der Waals surface area contributed by atoms with Crippen LogP contribution < -0.4 is 14.8 Å². The number of urea groups is 1. The molecule has 1 N–H and O–H groups in total. The summed E-state index contributed by atoms with van der Waals surface area (Å²) in [7, 11) is 0. The van der Waals surface area contributed by atoms with Crippen molar-refractivity contribution in [1.82, 2.24) is 20.0 Å². The van der Waals surface area contributed by atoms with Gasteiger partial charge in [0.1, 0.15) is 12.1 Å². The van der Waals surface area contributed by atoms with Crippen LogP contribution in [0.2, 0.25) is 0 Å². The predicted molar refractivity (Wildman–Crippen MR) is 117 cm³/mol. The fourth-order valence-corrected chi connectivity index (χ4v) is 4.88. The van der Waals surface area contributed by atoms with Crippen molar-refractivity contribution in [3.05, 3.63) is 46.2 Å². The average molecular weight is 471 g/mol. The molecule has 0 saturated carbocycles. The fourth-order valence-electron chi connectivity index (χ4n) is 4.19. The molecule has 1 aromatic heterocycles. The van der Waals surface area contributed by atoms with E-state index in [2.05, 4.69) is 5.32 Å². The predicted octanol–water partition coefficient (Wildman–Crippen LogP) is 1.23. The van der Waals surface area contributed by atoms with Crippen LogP contribution in [0.1, 0.15) is 22.2 Å². The molecular formula is C22H22N4O6S. The highest BCUT2D eigenvalue weighted by atomic mass is 32.1. The Balaban J connectivity index is 1.22. The second-order valence-corrected chi connectivity index (χ2v) is 9.11. The van der Waals surface area contributed by atoms with Gasteiger partial charge in [-0.3, -0.25) is 19.3 Å². The standard InChI is InChI=1S/C22H22N4O6S/c1-22(14-4-5-15-16(11-14)32-13-31-15)20(29)26(21(30)23-22)12-18(27)24-6-8-25(9-7-24)19(28)17-3-2-10-33-17/h2-5,10-11H,6-9,12-13H2,1H3,(H,23,30)/t22-/m1/s1. The van der Waals surface area contributed by atoms with E-state index in [1.165, 1.54) is 11.3 Å². The van der Waals surface area contributed by atoms with Gasteiger partial charge in [0, 0.05) is 26.2 Å². The van der Waals surface area contributed by atoms with Gasteiger partial charge in [0.2, 0.25) is 12.7 Å². The van der Waals surface area contributed by atoms with Gasteiger partial charge in [-0.1, -0.05) is 12.1 Å². The molecule has 0 spiro atoms. The molecule has 172 valence electrons. The monoisotopic (exact) mass is 470 g/mol. The first kappa shape index (κ1) is 21.3. The summed E-state index contributed by atoms with van der Waals surface area (Å²) in [5.74, 6) is 0.177. The normalized spacial score (nSPS) is 22.0. The summed E-state index contributed by atoms with van der Waals surface area (Å²) in [5, 5.41) is 4.55. The molecule has 33 heavy (non-hydrogen) atoms. The van der Waals surface area contributed by atoms with Crippen molar-refractivity contribution in [2.45, 2.75) is 12.5 Å². The zero-order chi connectivity index (χ0) is 23.2. The minimum atomic E-state index is -1.32. The van der Waals surface area contributed by atoms with E-state index in [1.54, 1.807) is 41.0 Å². The third-order valence-corrected chi connectivity index (χ3v) is 7.03. The first-order valence-electron chi connectivity index (χ1n) is 10.5. The number of piperazine rings is 1. The molecule has 0 radical (unpaired) electrons. The van der Waals surface area contributed by atoms with E-state index in [0.29, 0.717) is 48.1 Å². The number of thiophene rings is 1. The Kier molecular flexibility index (Phi) is 5.20. The van der Waals surface area contributed by atoms with Crippen LogP contribution in [-0.2, 0) is 15.1 Å². The minimum Gasteiger partial charge on any atom is -0.454 e. The van der Waals surface area contributed by atoms with E-state index in [-0.39, 0.29) is 25.2 Å². The number of nitrogens with one attached hydrogen (secondary N) is 1. The van der Waals surface area contributed by atoms with E-state index in [0.717, 1.165) is 4.90 Å². The van der Waals surface area contributed by atoms with Crippen molar-refractivity contribution in [2.75, 3.05) is 39.5 Å². The molecule has 1 aromatic carbocycles. The summed E-state index contributed by atoms with van der Waals surface area (Å²) in [4.78, 5) is 56.0. The van der Waals surface area contributed by atoms with Gasteiger partial charge in [0.05, 0.1) is 4.88 Å². The molecule has 5 amide bonds. The maximum absolute atomic E-state index is 13.2. The van der Waals surface area contributed by atoms with Crippen molar-refractivity contribution in [3.8, 4) is 11.5 Å². The van der Waals surface area contributed by atoms with E-state index >= 15 is 0 Å². The molecule has 1 atom stereocenters. The lowest BCUT2D eigenvalue weighted by Crippen LogP contribution is -2.53. The zero-order valence-electron chi connectivity index (χ0n) is 17.9. The lowest BCUT2D eigenvalue weighted by molar-refractivity contribution is -0.139. The SMILES string of the molecule is C[C@]1(c2ccc3c(c2)OCO3)NC(=O)N(CC(=O)N2CCN(C(=O)c3cccs3)CC2)C1=O. The molecule has 2 fully saturated rings. The van der Waals surface area contributed by atoms with E-state index in [9.17, 15) is 19.2 Å². The van der Waals surface area contributed by atoms with Crippen LogP contribution in [-0.4, -0.2) is 78.0 Å². The van der Waals surface area contributed by atoms with Crippen molar-refractivity contribution >= 4 is 35.1 Å². The summed E-state index contributed by atoms with van der Waals surface area (Å²) < 4.78 is 10.7. The average Bonchev–Trinajstić information content (AvgIpc) is 3.56. The van der Waals surface area contributed by atoms with Crippen LogP contribution in [0.15, 0.2) is 35.7 Å². The first-order valence-corrected chi connectivity index (χ1v) is 11.4. The summed E-state index contributed by atoms with van der Waals surface area (Å²) in [6.07, 6.45) is 0. The molecule has 3 aliphatic heterocycles. The Morgan fingerprint density at radius 1 is 1.06 bits per heavy atom. The summed E-state index contributed by atoms with van der Waals surface area (Å²) in [5.41, 5.74) is -0.773. The molecule has 0 aliphatic carbocycles. The number of nitrogens with zero attached hydrogens (tertiary/aromatic N) is 3. The van der Waals surface area contributed by atoms with Crippen LogP contribution in [0.4, 0.5) is 4.79 Å². The first-order chi connectivity index (χ1) is 15.9. The lowest BCUT2D eigenvalue weighted by atomic mass is 9.91. The number of hydrogen-bond donors (Lipinski definition) is 1. The number of hydrogen-bond acceptors (Lipinski definition) is 7. The summed E-state index contributed by atoms with van der Waals surface area (Å²) in [6, 6.07) is 8.02. The molecule has 2 saturated heterocycles. The largest absolute Gasteiger partial charge is 0.454 e. The molecule has 2 aromatic rings. The second-order valence-electron chi connectivity index (χ2n) is 8.16. The molecule has 3 aliphatic rings. The maximum atomic E-state index is 13.2. The smallest absolute Gasteiger partial charge is 0.325 e. The number of carbonyl (C=O) groups is 4. The van der Waals surface area contributed by atoms with Crippen LogP contribution >= 0.6 is 11.3 Å². The summed E-state index contributed by atoms with van der Waals surface area (Å²) >= 11 is 1.38. The van der Waals surface area contributed by atoms with Gasteiger partial charge in [-0.25, -0.2) is 4.79 Å². The van der Waals surface area contributed by atoms with E-state index in [1.807, 2.05) is 11.4 Å². The lowest BCUT2D eigenvalue weighted by Gasteiger charge is -2.35. The number of ether oxygens (including phenoxy) is 2. The van der Waals surface area contributed by atoms with Gasteiger partial charge in [0.25, 0.3) is 11.8 Å². The third-order valence-electron chi connectivity index (χ3n) is 6.17. The Morgan fingerprint density at radius 2 is 1.79 bits per heavy atom. The maximum Gasteiger partial charge on any atom is 0.325 e. The number of rotatable bonds is 4. The van der Waals surface area contributed by atoms with Gasteiger partial charge in [-0.15, -0.1) is 11.3 Å². The minimum absolute atomic E-state index is 0.0503. The van der Waals surface area contributed by atoms with E-state index in [4.69, 9.17) is 9.47 Å². The number of carbonyl (C=O) groups excluding carboxylic acids is 4. The molecule has 10 nitrogen and oxygen atoms in total. The quantitative estimate of drug-likeness (QED) is 0.674. The number of fused-ring (bicyclic) bond motifs is 1. The van der Waals surface area contributed by atoms with Crippen LogP contribution in [0.25, 0.3) is 0 Å². The molecule has 5 rings (SSSR count). The van der Waals surface area contributed by atoms with Gasteiger partial charge in [-0.2, -0.15) is 0 Å². The fraction of sp³-hybridized carbons (Fsp3) is 0.364. The molecular weight excluding hydrogens is 448 g/mol. The van der Waals surface area contributed by atoms with Crippen LogP contribution in [0, 0.1) is 0 Å². The van der Waals surface area contributed by atoms with Gasteiger partial charge in [-0.05, 0) is 36.1 Å². The number of imide groups is 1. The van der Waals surface area contributed by atoms with Crippen LogP contribution in [0.5, 0.6) is 11.5 Å². The third kappa shape index (κ3) is 3.67. The highest BCUT2D eigenvalue weighted by molar-refractivity contribution is 7.12. The van der Waals surface area contributed by atoms with Crippen molar-refractivity contribution in [1.29, 1.82) is 0 Å². The molecule has 0 unspecified atom stereocenters. The molecule has 0 bridgehead atoms. The second kappa shape index (κ2) is 8.07. The Hall–Kier alpha value is -3.60. The van der Waals surface area contributed by atoms with Gasteiger partial charge in [0.15, 0.2) is 11.5 Å². The van der Waals surface area contributed by atoms with Gasteiger partial charge < -0.3 is 24.6 Å². The highest BCUT2D eigenvalue weighted by Gasteiger charge is 2.50. The molecule has 11 heteroatoms. The number of benzene rings is 1. The van der Waals surface area contributed by atoms with Crippen LogP contribution in [0.3, 0.4) is 0 Å². The van der Waals surface area contributed by atoms with Crippen molar-refractivity contribution in [2.24, 2.45) is 0 Å². The summed E-state index contributed by atoms with van der Waals surface area (Å²) in [6.45, 7) is 2.84. The Bertz CT molecular complexity index is 1130. The van der Waals surface area contributed by atoms with E-state index < -0.39 is 17.5 Å². The molecule has 4 heterocycles. The highest BCUT2D eigenvalue weighted by Crippen LogP contribution is 2.37. The Morgan fingerprint density at radius 3 is 2.52 bits per heavy atom. The zero-order valence-corrected chi connectivity index (χ0v) is 18.7. The van der Waals surface area contributed by atoms with Crippen molar-refractivity contribution < 1.29 is 28.7 Å². The van der Waals surface area contributed by atoms with Gasteiger partial charge >= 0.3 is 6.03 Å².